The number of fused-ring (bicyclic) bond motifs is 1. The number of carbonyl (C=O) groups excluding carboxylic acids is 1. The fraction of sp³-hybridized carbons (Fsp3) is 0.240. The highest BCUT2D eigenvalue weighted by Gasteiger charge is 2.24. The van der Waals surface area contributed by atoms with Crippen molar-refractivity contribution in [1.82, 2.24) is 19.4 Å². The lowest BCUT2D eigenvalue weighted by Gasteiger charge is -2.31. The van der Waals surface area contributed by atoms with Crippen LogP contribution in [0.25, 0.3) is 28.0 Å². The van der Waals surface area contributed by atoms with Crippen molar-refractivity contribution in [3.05, 3.63) is 72.4 Å². The number of ether oxygens (including phenoxy) is 1. The van der Waals surface area contributed by atoms with Gasteiger partial charge in [-0.15, -0.1) is 0 Å². The third-order valence-electron chi connectivity index (χ3n) is 5.89. The number of halogens is 1. The van der Waals surface area contributed by atoms with E-state index in [0.29, 0.717) is 52.7 Å². The van der Waals surface area contributed by atoms with Gasteiger partial charge in [-0.2, -0.15) is 0 Å². The van der Waals surface area contributed by atoms with E-state index in [1.165, 1.54) is 6.07 Å². The van der Waals surface area contributed by atoms with Gasteiger partial charge in [0.25, 0.3) is 5.91 Å². The maximum atomic E-state index is 14.2. The number of nitrogens with zero attached hydrogens (tertiary/aromatic N) is 4. The Bertz CT molecular complexity index is 1400. The van der Waals surface area contributed by atoms with Gasteiger partial charge in [-0.1, -0.05) is 24.3 Å². The zero-order valence-electron chi connectivity index (χ0n) is 18.8. The van der Waals surface area contributed by atoms with Gasteiger partial charge in [0.1, 0.15) is 5.82 Å². The van der Waals surface area contributed by atoms with Crippen molar-refractivity contribution >= 4 is 27.6 Å². The number of rotatable bonds is 4. The van der Waals surface area contributed by atoms with Crippen molar-refractivity contribution in [3.63, 3.8) is 0 Å². The minimum absolute atomic E-state index is 0.0132. The molecule has 174 valence electrons. The molecule has 1 aliphatic rings. The van der Waals surface area contributed by atoms with Gasteiger partial charge < -0.3 is 9.64 Å². The molecule has 0 bridgehead atoms. The van der Waals surface area contributed by atoms with E-state index in [4.69, 9.17) is 4.74 Å². The fourth-order valence-electron chi connectivity index (χ4n) is 4.19. The average molecular weight is 479 g/mol. The molecular weight excluding hydrogens is 455 g/mol. The molecule has 7 nitrogen and oxygen atoms in total. The molecule has 1 fully saturated rings. The SMILES string of the molecule is CC1CN(C(=O)c2ccc3c(S(C)=O)cn(-c4ncc(-c5ccccc5F)cn4)c3c2)CCO1. The largest absolute Gasteiger partial charge is 0.375 e. The molecule has 4 aromatic rings. The lowest BCUT2D eigenvalue weighted by atomic mass is 10.1. The van der Waals surface area contributed by atoms with E-state index >= 15 is 0 Å². The molecule has 0 spiro atoms. The smallest absolute Gasteiger partial charge is 0.254 e. The van der Waals surface area contributed by atoms with Crippen molar-refractivity contribution in [2.75, 3.05) is 26.0 Å². The van der Waals surface area contributed by atoms with E-state index in [0.717, 1.165) is 5.39 Å². The summed E-state index contributed by atoms with van der Waals surface area (Å²) in [7, 11) is -1.26. The van der Waals surface area contributed by atoms with Gasteiger partial charge in [0.15, 0.2) is 0 Å². The Kier molecular flexibility index (Phi) is 5.97. The Hall–Kier alpha value is -3.43. The monoisotopic (exact) mass is 478 g/mol. The number of morpholine rings is 1. The predicted octanol–water partition coefficient (Wildman–Crippen LogP) is 3.82. The molecule has 2 unspecified atom stereocenters. The number of hydrogen-bond acceptors (Lipinski definition) is 5. The summed E-state index contributed by atoms with van der Waals surface area (Å²) in [5.41, 5.74) is 2.16. The average Bonchev–Trinajstić information content (AvgIpc) is 3.23. The van der Waals surface area contributed by atoms with Crippen molar-refractivity contribution in [1.29, 1.82) is 0 Å². The highest BCUT2D eigenvalue weighted by atomic mass is 32.2. The molecule has 0 radical (unpaired) electrons. The molecule has 1 amide bonds. The Morgan fingerprint density at radius 3 is 2.65 bits per heavy atom. The topological polar surface area (TPSA) is 77.3 Å². The summed E-state index contributed by atoms with van der Waals surface area (Å²) in [4.78, 5) is 24.4. The molecule has 2 atom stereocenters. The molecule has 5 rings (SSSR count). The van der Waals surface area contributed by atoms with Crippen molar-refractivity contribution in [2.24, 2.45) is 0 Å². The minimum Gasteiger partial charge on any atom is -0.375 e. The zero-order chi connectivity index (χ0) is 23.8. The van der Waals surface area contributed by atoms with Crippen LogP contribution >= 0.6 is 0 Å². The number of benzene rings is 2. The van der Waals surface area contributed by atoms with Gasteiger partial charge in [-0.05, 0) is 25.1 Å². The van der Waals surface area contributed by atoms with Crippen LogP contribution in [-0.4, -0.2) is 61.6 Å². The molecule has 9 heteroatoms. The van der Waals surface area contributed by atoms with Crippen LogP contribution in [0.2, 0.25) is 0 Å². The maximum absolute atomic E-state index is 14.2. The summed E-state index contributed by atoms with van der Waals surface area (Å²) in [6.07, 6.45) is 6.43. The molecular formula is C25H23FN4O3S. The first-order valence-electron chi connectivity index (χ1n) is 10.9. The van der Waals surface area contributed by atoms with Crippen molar-refractivity contribution in [3.8, 4) is 17.1 Å². The minimum atomic E-state index is -1.26. The summed E-state index contributed by atoms with van der Waals surface area (Å²) in [5.74, 6) is -0.0966. The standard InChI is InChI=1S/C25H23FN4O3S/c1-16-14-29(9-10-33-16)24(31)17-7-8-20-22(11-17)30(15-23(20)34(2)32)25-27-12-18(13-28-25)19-5-3-4-6-21(19)26/h3-8,11-13,15-16H,9-10,14H2,1-2H3. The number of hydrogen-bond donors (Lipinski definition) is 0. The van der Waals surface area contributed by atoms with Gasteiger partial charge in [-0.25, -0.2) is 14.4 Å². The van der Waals surface area contributed by atoms with Gasteiger partial charge in [0, 0.05) is 60.0 Å². The molecule has 1 saturated heterocycles. The van der Waals surface area contributed by atoms with Crippen LogP contribution in [0.1, 0.15) is 17.3 Å². The molecule has 0 N–H and O–H groups in total. The third-order valence-corrected chi connectivity index (χ3v) is 6.84. The third kappa shape index (κ3) is 4.12. The summed E-state index contributed by atoms with van der Waals surface area (Å²) >= 11 is 0. The van der Waals surface area contributed by atoms with Gasteiger partial charge in [0.2, 0.25) is 5.95 Å². The second kappa shape index (κ2) is 9.08. The van der Waals surface area contributed by atoms with Crippen molar-refractivity contribution in [2.45, 2.75) is 17.9 Å². The van der Waals surface area contributed by atoms with Crippen LogP contribution in [0.15, 0.2) is 66.0 Å². The second-order valence-electron chi connectivity index (χ2n) is 8.23. The van der Waals surface area contributed by atoms with Gasteiger partial charge in [0.05, 0.1) is 33.9 Å². The van der Waals surface area contributed by atoms with Crippen LogP contribution in [0.3, 0.4) is 0 Å². The highest BCUT2D eigenvalue weighted by molar-refractivity contribution is 7.84. The second-order valence-corrected chi connectivity index (χ2v) is 9.58. The molecule has 34 heavy (non-hydrogen) atoms. The van der Waals surface area contributed by atoms with Crippen LogP contribution < -0.4 is 0 Å². The first-order chi connectivity index (χ1) is 16.4. The molecule has 1 aliphatic heterocycles. The van der Waals surface area contributed by atoms with Crippen LogP contribution in [0, 0.1) is 5.82 Å². The number of amides is 1. The van der Waals surface area contributed by atoms with Gasteiger partial charge >= 0.3 is 0 Å². The molecule has 2 aromatic carbocycles. The Morgan fingerprint density at radius 1 is 1.18 bits per heavy atom. The van der Waals surface area contributed by atoms with E-state index in [2.05, 4.69) is 9.97 Å². The van der Waals surface area contributed by atoms with Crippen LogP contribution in [0.5, 0.6) is 0 Å². The Labute approximate surface area is 198 Å². The molecule has 3 heterocycles. The van der Waals surface area contributed by atoms with E-state index in [1.807, 2.05) is 13.0 Å². The first kappa shape index (κ1) is 22.4. The quantitative estimate of drug-likeness (QED) is 0.446. The lowest BCUT2D eigenvalue weighted by molar-refractivity contribution is -0.0124. The Morgan fingerprint density at radius 2 is 1.94 bits per heavy atom. The Balaban J connectivity index is 1.56. The molecule has 0 saturated carbocycles. The lowest BCUT2D eigenvalue weighted by Crippen LogP contribution is -2.44. The number of carbonyl (C=O) groups is 1. The summed E-state index contributed by atoms with van der Waals surface area (Å²) in [6.45, 7) is 3.52. The van der Waals surface area contributed by atoms with E-state index in [9.17, 15) is 13.4 Å². The molecule has 0 aliphatic carbocycles. The maximum Gasteiger partial charge on any atom is 0.254 e. The normalized spacial score (nSPS) is 17.1. The predicted molar refractivity (Wildman–Crippen MR) is 128 cm³/mol. The van der Waals surface area contributed by atoms with Crippen LogP contribution in [0.4, 0.5) is 4.39 Å². The summed E-state index contributed by atoms with van der Waals surface area (Å²) in [5, 5.41) is 0.759. The van der Waals surface area contributed by atoms with E-state index in [1.54, 1.807) is 64.6 Å². The van der Waals surface area contributed by atoms with Crippen LogP contribution in [-0.2, 0) is 15.5 Å². The highest BCUT2D eigenvalue weighted by Crippen LogP contribution is 2.28. The van der Waals surface area contributed by atoms with E-state index in [-0.39, 0.29) is 17.8 Å². The van der Waals surface area contributed by atoms with E-state index < -0.39 is 10.8 Å². The van der Waals surface area contributed by atoms with Gasteiger partial charge in [-0.3, -0.25) is 13.6 Å². The number of aromatic nitrogens is 3. The zero-order valence-corrected chi connectivity index (χ0v) is 19.6. The summed E-state index contributed by atoms with van der Waals surface area (Å²) in [6, 6.07) is 11.8. The molecule has 2 aromatic heterocycles. The fourth-order valence-corrected chi connectivity index (χ4v) is 4.92. The summed E-state index contributed by atoms with van der Waals surface area (Å²) < 4.78 is 33.8. The first-order valence-corrected chi connectivity index (χ1v) is 12.4. The van der Waals surface area contributed by atoms with Crippen molar-refractivity contribution < 1.29 is 18.1 Å².